The van der Waals surface area contributed by atoms with Crippen molar-refractivity contribution in [3.8, 4) is 17.2 Å². The van der Waals surface area contributed by atoms with Gasteiger partial charge in [0.05, 0.1) is 23.8 Å². The van der Waals surface area contributed by atoms with E-state index >= 15 is 0 Å². The molecule has 25 heavy (non-hydrogen) atoms. The highest BCUT2D eigenvalue weighted by molar-refractivity contribution is 6.05. The van der Waals surface area contributed by atoms with E-state index in [2.05, 4.69) is 5.32 Å². The Kier molecular flexibility index (Phi) is 2.52. The van der Waals surface area contributed by atoms with Gasteiger partial charge in [-0.15, -0.1) is 0 Å². The van der Waals surface area contributed by atoms with E-state index in [9.17, 15) is 9.90 Å². The first-order chi connectivity index (χ1) is 12.0. The number of phenolic OH excluding ortho intramolecular Hbond substituents is 1. The fraction of sp³-hybridized carbons (Fsp3) is 0.150. The van der Waals surface area contributed by atoms with E-state index in [4.69, 9.17) is 9.47 Å². The molecule has 0 radical (unpaired) electrons. The van der Waals surface area contributed by atoms with Crippen LogP contribution in [0.25, 0.3) is 10.8 Å². The minimum absolute atomic E-state index is 0.0779. The molecular weight excluding hydrogens is 318 g/mol. The first-order valence-corrected chi connectivity index (χ1v) is 8.01. The highest BCUT2D eigenvalue weighted by Crippen LogP contribution is 2.55. The molecule has 3 aromatic carbocycles. The van der Waals surface area contributed by atoms with Crippen molar-refractivity contribution in [2.24, 2.45) is 0 Å². The molecule has 5 heteroatoms. The van der Waals surface area contributed by atoms with Gasteiger partial charge in [-0.1, -0.05) is 18.2 Å². The molecule has 2 heterocycles. The van der Waals surface area contributed by atoms with Gasteiger partial charge in [-0.25, -0.2) is 0 Å². The lowest BCUT2D eigenvalue weighted by atomic mass is 9.90. The molecule has 0 saturated heterocycles. The monoisotopic (exact) mass is 333 g/mol. The number of carbonyl (C=O) groups excluding carboxylic acids is 1. The van der Waals surface area contributed by atoms with Gasteiger partial charge in [0.1, 0.15) is 17.2 Å². The Bertz CT molecular complexity index is 1090. The lowest BCUT2D eigenvalue weighted by molar-refractivity contribution is 0.0695. The minimum atomic E-state index is -1.28. The number of fused-ring (bicyclic) bond motifs is 3. The van der Waals surface area contributed by atoms with E-state index in [0.717, 1.165) is 16.3 Å². The molecular formula is C20H15NO4. The summed E-state index contributed by atoms with van der Waals surface area (Å²) in [7, 11) is 1.55. The predicted molar refractivity (Wildman–Crippen MR) is 92.2 cm³/mol. The highest BCUT2D eigenvalue weighted by Gasteiger charge is 2.54. The Morgan fingerprint density at radius 1 is 1.16 bits per heavy atom. The van der Waals surface area contributed by atoms with Crippen LogP contribution in [0.3, 0.4) is 0 Å². The molecule has 0 bridgehead atoms. The van der Waals surface area contributed by atoms with Crippen LogP contribution in [0.5, 0.6) is 17.2 Å². The van der Waals surface area contributed by atoms with Gasteiger partial charge < -0.3 is 19.9 Å². The summed E-state index contributed by atoms with van der Waals surface area (Å²) in [6.45, 7) is 1.98. The van der Waals surface area contributed by atoms with Crippen molar-refractivity contribution >= 4 is 16.7 Å². The number of hydrogen-bond donors (Lipinski definition) is 2. The third kappa shape index (κ3) is 1.60. The van der Waals surface area contributed by atoms with E-state index < -0.39 is 5.72 Å². The zero-order valence-electron chi connectivity index (χ0n) is 13.7. The van der Waals surface area contributed by atoms with Crippen LogP contribution >= 0.6 is 0 Å². The molecule has 1 amide bonds. The molecule has 5 rings (SSSR count). The Labute approximate surface area is 143 Å². The maximum Gasteiger partial charge on any atom is 0.255 e. The molecule has 1 spiro atoms. The van der Waals surface area contributed by atoms with Crippen LogP contribution in [0.4, 0.5) is 0 Å². The number of rotatable bonds is 1. The van der Waals surface area contributed by atoms with Crippen molar-refractivity contribution in [2.45, 2.75) is 12.6 Å². The zero-order chi connectivity index (χ0) is 17.3. The lowest BCUT2D eigenvalue weighted by Gasteiger charge is -2.27. The number of benzene rings is 3. The third-order valence-electron chi connectivity index (χ3n) is 4.95. The summed E-state index contributed by atoms with van der Waals surface area (Å²) >= 11 is 0. The summed E-state index contributed by atoms with van der Waals surface area (Å²) in [6.07, 6.45) is 0. The van der Waals surface area contributed by atoms with Gasteiger partial charge in [-0.2, -0.15) is 0 Å². The Morgan fingerprint density at radius 3 is 2.80 bits per heavy atom. The smallest absolute Gasteiger partial charge is 0.255 e. The van der Waals surface area contributed by atoms with Gasteiger partial charge in [0.15, 0.2) is 0 Å². The van der Waals surface area contributed by atoms with Crippen LogP contribution in [0.2, 0.25) is 0 Å². The van der Waals surface area contributed by atoms with Gasteiger partial charge in [0.2, 0.25) is 5.72 Å². The average Bonchev–Trinajstić information content (AvgIpc) is 3.07. The van der Waals surface area contributed by atoms with Crippen LogP contribution in [0.1, 0.15) is 27.0 Å². The van der Waals surface area contributed by atoms with Gasteiger partial charge >= 0.3 is 0 Å². The maximum atomic E-state index is 12.6. The molecule has 0 fully saturated rings. The SMILES string of the molecule is COc1cccc2c1[C@@]1(NC2=O)Oc2cc(C)cc3ccc(O)c1c23. The summed E-state index contributed by atoms with van der Waals surface area (Å²) in [5, 5.41) is 15.3. The van der Waals surface area contributed by atoms with Crippen molar-refractivity contribution in [1.82, 2.24) is 5.32 Å². The van der Waals surface area contributed by atoms with Gasteiger partial charge in [-0.3, -0.25) is 4.79 Å². The molecule has 3 aromatic rings. The van der Waals surface area contributed by atoms with E-state index in [-0.39, 0.29) is 11.7 Å². The fourth-order valence-electron chi connectivity index (χ4n) is 4.02. The van der Waals surface area contributed by atoms with E-state index in [1.54, 1.807) is 31.4 Å². The van der Waals surface area contributed by atoms with Crippen LogP contribution in [-0.4, -0.2) is 18.1 Å². The summed E-state index contributed by atoms with van der Waals surface area (Å²) in [5.41, 5.74) is 1.40. The number of hydrogen-bond acceptors (Lipinski definition) is 4. The minimum Gasteiger partial charge on any atom is -0.507 e. The highest BCUT2D eigenvalue weighted by atomic mass is 16.5. The first kappa shape index (κ1) is 14.2. The number of phenols is 1. The molecule has 0 saturated carbocycles. The molecule has 2 N–H and O–H groups in total. The van der Waals surface area contributed by atoms with Crippen LogP contribution < -0.4 is 14.8 Å². The third-order valence-corrected chi connectivity index (χ3v) is 4.95. The van der Waals surface area contributed by atoms with E-state index in [1.165, 1.54) is 0 Å². The van der Waals surface area contributed by atoms with Crippen molar-refractivity contribution < 1.29 is 19.4 Å². The summed E-state index contributed by atoms with van der Waals surface area (Å²) in [6, 6.07) is 12.7. The second-order valence-corrected chi connectivity index (χ2v) is 6.44. The van der Waals surface area contributed by atoms with Gasteiger partial charge in [0.25, 0.3) is 5.91 Å². The fourth-order valence-corrected chi connectivity index (χ4v) is 4.02. The molecule has 0 aromatic heterocycles. The maximum absolute atomic E-state index is 12.6. The first-order valence-electron chi connectivity index (χ1n) is 8.01. The predicted octanol–water partition coefficient (Wildman–Crippen LogP) is 3.20. The summed E-state index contributed by atoms with van der Waals surface area (Å²) < 4.78 is 11.8. The van der Waals surface area contributed by atoms with Crippen LogP contribution in [-0.2, 0) is 5.72 Å². The standard InChI is InChI=1S/C20H15NO4/c1-10-8-11-6-7-13(22)18-16(11)15(9-10)25-20(18)17-12(19(23)21-20)4-3-5-14(17)24-2/h3-9,22H,1-2H3,(H,21,23)/t20-/m1/s1. The second-order valence-electron chi connectivity index (χ2n) is 6.44. The summed E-state index contributed by atoms with van der Waals surface area (Å²) in [5.74, 6) is 1.00. The Hall–Kier alpha value is -3.21. The number of amides is 1. The molecule has 0 unspecified atom stereocenters. The molecule has 2 aliphatic heterocycles. The normalized spacial score (nSPS) is 19.8. The van der Waals surface area contributed by atoms with E-state index in [0.29, 0.717) is 28.2 Å². The van der Waals surface area contributed by atoms with Crippen LogP contribution in [0.15, 0.2) is 42.5 Å². The van der Waals surface area contributed by atoms with Crippen molar-refractivity contribution in [1.29, 1.82) is 0 Å². The van der Waals surface area contributed by atoms with Crippen molar-refractivity contribution in [2.75, 3.05) is 7.11 Å². The van der Waals surface area contributed by atoms with Crippen molar-refractivity contribution in [3.63, 3.8) is 0 Å². The number of ether oxygens (including phenoxy) is 2. The average molecular weight is 333 g/mol. The lowest BCUT2D eigenvalue weighted by Crippen LogP contribution is -2.43. The molecule has 5 nitrogen and oxygen atoms in total. The number of nitrogens with one attached hydrogen (secondary N) is 1. The zero-order valence-corrected chi connectivity index (χ0v) is 13.7. The Morgan fingerprint density at radius 2 is 2.00 bits per heavy atom. The number of methoxy groups -OCH3 is 1. The van der Waals surface area contributed by atoms with E-state index in [1.807, 2.05) is 25.1 Å². The number of carbonyl (C=O) groups is 1. The van der Waals surface area contributed by atoms with Crippen LogP contribution in [0, 0.1) is 6.92 Å². The van der Waals surface area contributed by atoms with Gasteiger partial charge in [0, 0.05) is 5.39 Å². The Balaban J connectivity index is 1.92. The summed E-state index contributed by atoms with van der Waals surface area (Å²) in [4.78, 5) is 12.6. The topological polar surface area (TPSA) is 67.8 Å². The quantitative estimate of drug-likeness (QED) is 0.718. The van der Waals surface area contributed by atoms with Crippen molar-refractivity contribution in [3.05, 3.63) is 64.7 Å². The van der Waals surface area contributed by atoms with Gasteiger partial charge in [-0.05, 0) is 42.1 Å². The molecule has 124 valence electrons. The molecule has 2 aliphatic rings. The number of aromatic hydroxyl groups is 1. The second kappa shape index (κ2) is 4.45. The molecule has 0 aliphatic carbocycles. The largest absolute Gasteiger partial charge is 0.507 e. The number of aryl methyl sites for hydroxylation is 1. The molecule has 1 atom stereocenters.